The number of hydrogen-bond acceptors (Lipinski definition) is 9. The molecule has 0 heterocycles. The van der Waals surface area contributed by atoms with Gasteiger partial charge in [0, 0.05) is 0 Å². The van der Waals surface area contributed by atoms with Crippen molar-refractivity contribution >= 4 is 41.1 Å². The van der Waals surface area contributed by atoms with Crippen molar-refractivity contribution in [2.45, 2.75) is 14.7 Å². The molecule has 0 aliphatic heterocycles. The molecular weight excluding hydrogens is 445 g/mol. The summed E-state index contributed by atoms with van der Waals surface area (Å²) in [7, 11) is -15.4. The minimum absolute atomic E-state index is 0. The van der Waals surface area contributed by atoms with E-state index in [-0.39, 0.29) is 105 Å². The van der Waals surface area contributed by atoms with Crippen LogP contribution >= 0.6 is 0 Å². The minimum atomic E-state index is -5.31. The van der Waals surface area contributed by atoms with Crippen molar-refractivity contribution in [1.82, 2.24) is 0 Å². The topological polar surface area (TPSA) is 203 Å². The van der Waals surface area contributed by atoms with Gasteiger partial charge in [0.15, 0.2) is 0 Å². The van der Waals surface area contributed by atoms with Crippen LogP contribution in [0.2, 0.25) is 0 Å². The van der Waals surface area contributed by atoms with E-state index < -0.39 is 45.0 Å². The van der Waals surface area contributed by atoms with E-state index in [1.54, 1.807) is 0 Å². The summed E-state index contributed by atoms with van der Waals surface area (Å²) in [6, 6.07) is 3.81. The number of fused-ring (bicyclic) bond motifs is 1. The Morgan fingerprint density at radius 3 is 1.31 bits per heavy atom. The zero-order chi connectivity index (χ0) is 16.9. The summed E-state index contributed by atoms with van der Waals surface area (Å²) in [4.78, 5) is -3.25. The Balaban J connectivity index is -0.00000132. The average molecular weight is 452 g/mol. The smallest absolute Gasteiger partial charge is 0.744 e. The van der Waals surface area contributed by atoms with Crippen molar-refractivity contribution in [2.75, 3.05) is 0 Å². The molecule has 2 rings (SSSR count). The van der Waals surface area contributed by atoms with Crippen LogP contribution in [0, 0.1) is 0 Å². The van der Waals surface area contributed by atoms with Crippen LogP contribution in [-0.4, -0.2) is 44.4 Å². The van der Waals surface area contributed by atoms with Crippen molar-refractivity contribution in [3.8, 4) is 0 Å². The van der Waals surface area contributed by atoms with Gasteiger partial charge in [0.05, 0.1) is 14.7 Å². The second-order valence-electron chi connectivity index (χ2n) is 4.17. The fraction of sp³-hybridized carbons (Fsp3) is 0. The average Bonchev–Trinajstić information content (AvgIpc) is 2.33. The van der Waals surface area contributed by atoms with Gasteiger partial charge in [-0.2, -0.15) is 0 Å². The molecule has 2 aromatic carbocycles. The molecule has 0 aliphatic carbocycles. The Bertz CT molecular complexity index is 1090. The number of benzene rings is 2. The molecule has 0 spiro atoms. The molecule has 0 saturated heterocycles. The van der Waals surface area contributed by atoms with E-state index in [9.17, 15) is 38.9 Å². The molecule has 0 radical (unpaired) electrons. The normalized spacial score (nSPS) is 11.3. The van der Waals surface area contributed by atoms with Gasteiger partial charge in [-0.05, 0) is 35.0 Å². The summed E-state index contributed by atoms with van der Waals surface area (Å²) in [6.45, 7) is 0. The maximum Gasteiger partial charge on any atom is 1.00 e. The molecule has 2 N–H and O–H groups in total. The zero-order valence-corrected chi connectivity index (χ0v) is 22.2. The van der Waals surface area contributed by atoms with Gasteiger partial charge in [0.25, 0.3) is 0 Å². The van der Waals surface area contributed by atoms with Crippen LogP contribution in [0.5, 0.6) is 0 Å². The molecule has 2 aromatic rings. The van der Waals surface area contributed by atoms with Gasteiger partial charge in [-0.3, -0.25) is 0 Å². The van der Waals surface area contributed by atoms with Crippen LogP contribution in [0.25, 0.3) is 10.8 Å². The van der Waals surface area contributed by atoms with Crippen LogP contribution < -0.4 is 88.7 Å². The van der Waals surface area contributed by atoms with Gasteiger partial charge >= 0.3 is 88.7 Å². The SMILES string of the molecule is O.O=S(=O)([O-])c1ccc2cc(S(=O)(=O)[O-])c(S(=O)(=O)[O-])cc2c1.[Na+].[Na+].[Na+]. The molecule has 0 saturated carbocycles. The van der Waals surface area contributed by atoms with Crippen molar-refractivity contribution in [2.24, 2.45) is 0 Å². The van der Waals surface area contributed by atoms with Crippen LogP contribution in [-0.2, 0) is 30.4 Å². The van der Waals surface area contributed by atoms with Gasteiger partial charge in [-0.15, -0.1) is 0 Å². The first-order chi connectivity index (χ1) is 9.80. The van der Waals surface area contributed by atoms with E-state index in [2.05, 4.69) is 0 Å². The summed E-state index contributed by atoms with van der Waals surface area (Å²) in [6.07, 6.45) is 0. The van der Waals surface area contributed by atoms with Crippen molar-refractivity contribution < 1.29 is 133 Å². The molecule has 0 fully saturated rings. The van der Waals surface area contributed by atoms with E-state index >= 15 is 0 Å². The Kier molecular flexibility index (Phi) is 13.5. The number of rotatable bonds is 3. The summed E-state index contributed by atoms with van der Waals surface area (Å²) >= 11 is 0. The standard InChI is InChI=1S/C10H8O9S3.3Na.H2O/c11-20(12,13)8-2-1-6-4-9(21(14,15)16)10(22(17,18)19)5-7(6)3-8;;;;/h1-5H,(H,11,12,13)(H,14,15,16)(H,17,18,19);;;;1H2/q;3*+1;/p-3. The molecular formula is C10H7Na3O10S3. The molecule has 26 heavy (non-hydrogen) atoms. The van der Waals surface area contributed by atoms with Crippen LogP contribution in [0.15, 0.2) is 45.0 Å². The Morgan fingerprint density at radius 1 is 0.577 bits per heavy atom. The first-order valence-corrected chi connectivity index (χ1v) is 9.48. The van der Waals surface area contributed by atoms with Gasteiger partial charge in [-0.1, -0.05) is 6.07 Å². The molecule has 0 aromatic heterocycles. The minimum Gasteiger partial charge on any atom is -0.744 e. The largest absolute Gasteiger partial charge is 1.00 e. The van der Waals surface area contributed by atoms with Crippen LogP contribution in [0.1, 0.15) is 0 Å². The van der Waals surface area contributed by atoms with Crippen molar-refractivity contribution in [1.29, 1.82) is 0 Å². The van der Waals surface area contributed by atoms with Gasteiger partial charge in [0.2, 0.25) is 0 Å². The molecule has 0 amide bonds. The Labute approximate surface area is 216 Å². The predicted octanol–water partition coefficient (Wildman–Crippen LogP) is -10.3. The Hall–Kier alpha value is 1.39. The third kappa shape index (κ3) is 7.67. The molecule has 16 heteroatoms. The molecule has 128 valence electrons. The van der Waals surface area contributed by atoms with Crippen LogP contribution in [0.3, 0.4) is 0 Å². The molecule has 0 bridgehead atoms. The van der Waals surface area contributed by atoms with Gasteiger partial charge in [0.1, 0.15) is 30.4 Å². The first-order valence-electron chi connectivity index (χ1n) is 5.26. The van der Waals surface area contributed by atoms with E-state index in [1.807, 2.05) is 0 Å². The predicted molar refractivity (Wildman–Crippen MR) is 71.5 cm³/mol. The van der Waals surface area contributed by atoms with E-state index in [0.29, 0.717) is 12.1 Å². The maximum absolute atomic E-state index is 11.1. The first kappa shape index (κ1) is 32.1. The molecule has 0 unspecified atom stereocenters. The second-order valence-corrected chi connectivity index (χ2v) is 8.25. The second kappa shape index (κ2) is 11.0. The van der Waals surface area contributed by atoms with Gasteiger partial charge < -0.3 is 19.1 Å². The molecule has 0 aliphatic rings. The van der Waals surface area contributed by atoms with Gasteiger partial charge in [-0.25, -0.2) is 25.3 Å². The van der Waals surface area contributed by atoms with E-state index in [0.717, 1.165) is 18.2 Å². The summed E-state index contributed by atoms with van der Waals surface area (Å²) < 4.78 is 99.2. The van der Waals surface area contributed by atoms with E-state index in [1.165, 1.54) is 0 Å². The fourth-order valence-corrected chi connectivity index (χ4v) is 4.05. The van der Waals surface area contributed by atoms with Crippen LogP contribution in [0.4, 0.5) is 0 Å². The van der Waals surface area contributed by atoms with Crippen molar-refractivity contribution in [3.05, 3.63) is 30.3 Å². The molecule has 10 nitrogen and oxygen atoms in total. The fourth-order valence-electron chi connectivity index (χ4n) is 1.78. The summed E-state index contributed by atoms with van der Waals surface area (Å²) in [5, 5.41) is -0.229. The third-order valence-corrected chi connectivity index (χ3v) is 5.42. The molecule has 0 atom stereocenters. The number of hydrogen-bond donors (Lipinski definition) is 0. The maximum atomic E-state index is 11.1. The van der Waals surface area contributed by atoms with E-state index in [4.69, 9.17) is 0 Å². The third-order valence-electron chi connectivity index (χ3n) is 2.70. The monoisotopic (exact) mass is 452 g/mol. The summed E-state index contributed by atoms with van der Waals surface area (Å²) in [5.74, 6) is 0. The van der Waals surface area contributed by atoms with Crippen molar-refractivity contribution in [3.63, 3.8) is 0 Å². The zero-order valence-electron chi connectivity index (χ0n) is 13.8. The quantitative estimate of drug-likeness (QED) is 0.320. The summed E-state index contributed by atoms with van der Waals surface area (Å²) in [5.41, 5.74) is 0. The Morgan fingerprint density at radius 2 is 0.962 bits per heavy atom.